The quantitative estimate of drug-likeness (QED) is 0.784. The Hall–Kier alpha value is -1.75. The lowest BCUT2D eigenvalue weighted by Gasteiger charge is -2.21. The van der Waals surface area contributed by atoms with Crippen molar-refractivity contribution in [1.29, 1.82) is 0 Å². The molecule has 1 aromatic carbocycles. The summed E-state index contributed by atoms with van der Waals surface area (Å²) in [6.45, 7) is 8.39. The Morgan fingerprint density at radius 2 is 2.00 bits per heavy atom. The summed E-state index contributed by atoms with van der Waals surface area (Å²) in [5, 5.41) is 15.2. The van der Waals surface area contributed by atoms with Gasteiger partial charge in [-0.25, -0.2) is 4.79 Å². The van der Waals surface area contributed by atoms with Crippen molar-refractivity contribution < 1.29 is 9.90 Å². The molecule has 0 bridgehead atoms. The molecule has 1 fully saturated rings. The van der Waals surface area contributed by atoms with Gasteiger partial charge in [0.15, 0.2) is 0 Å². The van der Waals surface area contributed by atoms with Crippen molar-refractivity contribution >= 4 is 17.4 Å². The van der Waals surface area contributed by atoms with Gasteiger partial charge in [0, 0.05) is 31.0 Å². The van der Waals surface area contributed by atoms with Gasteiger partial charge in [-0.15, -0.1) is 0 Å². The van der Waals surface area contributed by atoms with E-state index in [1.54, 1.807) is 0 Å². The van der Waals surface area contributed by atoms with Crippen molar-refractivity contribution in [3.63, 3.8) is 0 Å². The zero-order valence-corrected chi connectivity index (χ0v) is 13.7. The number of aliphatic hydroxyl groups is 1. The fraction of sp³-hybridized carbons (Fsp3) is 0.588. The number of urea groups is 1. The number of amides is 2. The Kier molecular flexibility index (Phi) is 5.66. The van der Waals surface area contributed by atoms with E-state index in [0.717, 1.165) is 18.8 Å². The summed E-state index contributed by atoms with van der Waals surface area (Å²) in [4.78, 5) is 14.2. The third-order valence-electron chi connectivity index (χ3n) is 4.14. The summed E-state index contributed by atoms with van der Waals surface area (Å²) in [5.74, 6) is 0.127. The maximum absolute atomic E-state index is 11.8. The maximum Gasteiger partial charge on any atom is 0.319 e. The summed E-state index contributed by atoms with van der Waals surface area (Å²) in [7, 11) is 0. The van der Waals surface area contributed by atoms with Gasteiger partial charge in [-0.05, 0) is 49.4 Å². The molecule has 1 aliphatic heterocycles. The van der Waals surface area contributed by atoms with Crippen LogP contribution in [-0.4, -0.2) is 36.9 Å². The Balaban J connectivity index is 1.90. The summed E-state index contributed by atoms with van der Waals surface area (Å²) in [6.07, 6.45) is 1.98. The molecule has 0 aliphatic carbocycles. The number of rotatable bonds is 5. The molecule has 1 saturated heterocycles. The largest absolute Gasteiger partial charge is 0.391 e. The van der Waals surface area contributed by atoms with Crippen LogP contribution in [0, 0.1) is 12.8 Å². The van der Waals surface area contributed by atoms with Crippen molar-refractivity contribution in [2.45, 2.75) is 39.7 Å². The van der Waals surface area contributed by atoms with E-state index >= 15 is 0 Å². The molecule has 1 aliphatic rings. The van der Waals surface area contributed by atoms with Crippen LogP contribution in [0.2, 0.25) is 0 Å². The fourth-order valence-electron chi connectivity index (χ4n) is 2.65. The van der Waals surface area contributed by atoms with Gasteiger partial charge in [-0.3, -0.25) is 0 Å². The van der Waals surface area contributed by atoms with Crippen LogP contribution in [0.1, 0.15) is 32.3 Å². The average molecular weight is 305 g/mol. The van der Waals surface area contributed by atoms with E-state index in [-0.39, 0.29) is 18.5 Å². The molecule has 1 atom stereocenters. The molecule has 0 aromatic heterocycles. The summed E-state index contributed by atoms with van der Waals surface area (Å²) < 4.78 is 0. The lowest BCUT2D eigenvalue weighted by atomic mass is 10.1. The number of aliphatic hydroxyl groups excluding tert-OH is 1. The molecular weight excluding hydrogens is 278 g/mol. The van der Waals surface area contributed by atoms with Crippen LogP contribution in [0.25, 0.3) is 0 Å². The van der Waals surface area contributed by atoms with Gasteiger partial charge in [0.1, 0.15) is 0 Å². The van der Waals surface area contributed by atoms with Crippen molar-refractivity contribution in [3.8, 4) is 0 Å². The minimum absolute atomic E-state index is 0.127. The molecule has 5 nitrogen and oxygen atoms in total. The van der Waals surface area contributed by atoms with Gasteiger partial charge < -0.3 is 20.6 Å². The van der Waals surface area contributed by atoms with Gasteiger partial charge in [0.05, 0.1) is 6.10 Å². The maximum atomic E-state index is 11.8. The Labute approximate surface area is 132 Å². The van der Waals surface area contributed by atoms with Crippen molar-refractivity contribution in [1.82, 2.24) is 5.32 Å². The van der Waals surface area contributed by atoms with Gasteiger partial charge in [0.2, 0.25) is 0 Å². The number of hydrogen-bond acceptors (Lipinski definition) is 3. The first-order valence-electron chi connectivity index (χ1n) is 8.06. The van der Waals surface area contributed by atoms with Crippen molar-refractivity contribution in [2.24, 2.45) is 5.92 Å². The van der Waals surface area contributed by atoms with Crippen LogP contribution >= 0.6 is 0 Å². The number of nitrogens with zero attached hydrogens (tertiary/aromatic N) is 1. The number of aryl methyl sites for hydroxylation is 1. The van der Waals surface area contributed by atoms with Gasteiger partial charge >= 0.3 is 6.03 Å². The predicted octanol–water partition coefficient (Wildman–Crippen LogP) is 2.73. The van der Waals surface area contributed by atoms with E-state index in [2.05, 4.69) is 28.5 Å². The van der Waals surface area contributed by atoms with Crippen LogP contribution in [0.5, 0.6) is 0 Å². The summed E-state index contributed by atoms with van der Waals surface area (Å²) in [6, 6.07) is 5.71. The number of carbonyl (C=O) groups excluding carboxylic acids is 1. The fourth-order valence-corrected chi connectivity index (χ4v) is 2.65. The molecule has 2 rings (SSSR count). The van der Waals surface area contributed by atoms with Gasteiger partial charge in [-0.2, -0.15) is 0 Å². The third-order valence-corrected chi connectivity index (χ3v) is 4.14. The Bertz CT molecular complexity index is 511. The minimum atomic E-state index is -0.523. The first-order chi connectivity index (χ1) is 10.5. The molecule has 1 aromatic rings. The van der Waals surface area contributed by atoms with E-state index in [1.165, 1.54) is 24.1 Å². The lowest BCUT2D eigenvalue weighted by Crippen LogP contribution is -2.37. The summed E-state index contributed by atoms with van der Waals surface area (Å²) in [5.41, 5.74) is 3.19. The lowest BCUT2D eigenvalue weighted by molar-refractivity contribution is 0.126. The monoisotopic (exact) mass is 305 g/mol. The first kappa shape index (κ1) is 16.6. The number of benzene rings is 1. The van der Waals surface area contributed by atoms with Gasteiger partial charge in [-0.1, -0.05) is 13.8 Å². The van der Waals surface area contributed by atoms with Crippen molar-refractivity contribution in [2.75, 3.05) is 29.9 Å². The molecule has 5 heteroatoms. The smallest absolute Gasteiger partial charge is 0.319 e. The molecule has 1 heterocycles. The highest BCUT2D eigenvalue weighted by Crippen LogP contribution is 2.26. The number of carbonyl (C=O) groups is 1. The SMILES string of the molecule is Cc1cc(NC(=O)NCC(O)C(C)C)ccc1N1CCCC1. The third kappa shape index (κ3) is 4.37. The predicted molar refractivity (Wildman–Crippen MR) is 90.5 cm³/mol. The molecule has 1 unspecified atom stereocenters. The van der Waals surface area contributed by atoms with Crippen LogP contribution in [0.3, 0.4) is 0 Å². The molecule has 122 valence electrons. The Morgan fingerprint density at radius 3 is 2.59 bits per heavy atom. The molecule has 22 heavy (non-hydrogen) atoms. The zero-order valence-electron chi connectivity index (χ0n) is 13.7. The molecule has 3 N–H and O–H groups in total. The molecule has 0 spiro atoms. The minimum Gasteiger partial charge on any atom is -0.391 e. The highest BCUT2D eigenvalue weighted by molar-refractivity contribution is 5.89. The molecule has 0 saturated carbocycles. The molecule has 0 radical (unpaired) electrons. The molecule has 2 amide bonds. The second-order valence-corrected chi connectivity index (χ2v) is 6.34. The van der Waals surface area contributed by atoms with Crippen LogP contribution in [0.4, 0.5) is 16.2 Å². The highest BCUT2D eigenvalue weighted by atomic mass is 16.3. The number of anilines is 2. The van der Waals surface area contributed by atoms with Crippen LogP contribution < -0.4 is 15.5 Å². The average Bonchev–Trinajstić information content (AvgIpc) is 2.98. The van der Waals surface area contributed by atoms with E-state index in [0.29, 0.717) is 0 Å². The van der Waals surface area contributed by atoms with E-state index < -0.39 is 6.10 Å². The first-order valence-corrected chi connectivity index (χ1v) is 8.06. The van der Waals surface area contributed by atoms with Gasteiger partial charge in [0.25, 0.3) is 0 Å². The second-order valence-electron chi connectivity index (χ2n) is 6.34. The Morgan fingerprint density at radius 1 is 1.32 bits per heavy atom. The summed E-state index contributed by atoms with van der Waals surface area (Å²) >= 11 is 0. The zero-order chi connectivity index (χ0) is 16.1. The highest BCUT2D eigenvalue weighted by Gasteiger charge is 2.15. The number of hydrogen-bond donors (Lipinski definition) is 3. The second kappa shape index (κ2) is 7.49. The van der Waals surface area contributed by atoms with Crippen molar-refractivity contribution in [3.05, 3.63) is 23.8 Å². The normalized spacial score (nSPS) is 16.0. The van der Waals surface area contributed by atoms with Crippen LogP contribution in [0.15, 0.2) is 18.2 Å². The standard InChI is InChI=1S/C17H27N3O2/c1-12(2)16(21)11-18-17(22)19-14-6-7-15(13(3)10-14)20-8-4-5-9-20/h6-7,10,12,16,21H,4-5,8-9,11H2,1-3H3,(H2,18,19,22). The van der Waals surface area contributed by atoms with Crippen LogP contribution in [-0.2, 0) is 0 Å². The topological polar surface area (TPSA) is 64.6 Å². The van der Waals surface area contributed by atoms with E-state index in [1.807, 2.05) is 26.0 Å². The van der Waals surface area contributed by atoms with E-state index in [4.69, 9.17) is 0 Å². The molecular formula is C17H27N3O2. The number of nitrogens with one attached hydrogen (secondary N) is 2. The van der Waals surface area contributed by atoms with E-state index in [9.17, 15) is 9.90 Å².